The predicted octanol–water partition coefficient (Wildman–Crippen LogP) is 4.18. The van der Waals surface area contributed by atoms with Crippen molar-refractivity contribution < 1.29 is 5.11 Å². The summed E-state index contributed by atoms with van der Waals surface area (Å²) in [6.45, 7) is 4.45. The SMILES string of the molecule is CC(C)CC(N(C)C)C(O)(Cc1ccccc1)Cc1ccccc1. The molecule has 130 valence electrons. The van der Waals surface area contributed by atoms with Gasteiger partial charge in [0.15, 0.2) is 0 Å². The van der Waals surface area contributed by atoms with Crippen LogP contribution in [0, 0.1) is 5.92 Å². The molecule has 0 aromatic heterocycles. The number of likely N-dealkylation sites (N-methyl/N-ethyl adjacent to an activating group) is 1. The summed E-state index contributed by atoms with van der Waals surface area (Å²) in [6.07, 6.45) is 2.31. The molecule has 0 amide bonds. The number of benzene rings is 2. The molecule has 0 heterocycles. The Hall–Kier alpha value is -1.64. The van der Waals surface area contributed by atoms with Gasteiger partial charge in [0.25, 0.3) is 0 Å². The van der Waals surface area contributed by atoms with Gasteiger partial charge in [0.05, 0.1) is 5.60 Å². The topological polar surface area (TPSA) is 23.5 Å². The zero-order valence-electron chi connectivity index (χ0n) is 15.4. The average Bonchev–Trinajstić information content (AvgIpc) is 2.54. The second-order valence-electron chi connectivity index (χ2n) is 7.54. The molecule has 1 atom stereocenters. The lowest BCUT2D eigenvalue weighted by molar-refractivity contribution is -0.0406. The first-order chi connectivity index (χ1) is 11.4. The van der Waals surface area contributed by atoms with Crippen LogP contribution in [-0.4, -0.2) is 35.7 Å². The van der Waals surface area contributed by atoms with Crippen LogP contribution in [0.4, 0.5) is 0 Å². The minimum Gasteiger partial charge on any atom is -0.388 e. The molecule has 0 aliphatic rings. The zero-order chi connectivity index (χ0) is 17.6. The molecule has 24 heavy (non-hydrogen) atoms. The number of nitrogens with zero attached hydrogens (tertiary/aromatic N) is 1. The third kappa shape index (κ3) is 5.19. The number of hydrogen-bond acceptors (Lipinski definition) is 2. The number of rotatable bonds is 8. The fraction of sp³-hybridized carbons (Fsp3) is 0.455. The largest absolute Gasteiger partial charge is 0.388 e. The highest BCUT2D eigenvalue weighted by Crippen LogP contribution is 2.29. The second kappa shape index (κ2) is 8.46. The Kier molecular flexibility index (Phi) is 6.59. The molecule has 0 saturated heterocycles. The van der Waals surface area contributed by atoms with Crippen LogP contribution in [0.3, 0.4) is 0 Å². The second-order valence-corrected chi connectivity index (χ2v) is 7.54. The summed E-state index contributed by atoms with van der Waals surface area (Å²) >= 11 is 0. The number of hydrogen-bond donors (Lipinski definition) is 1. The van der Waals surface area contributed by atoms with Crippen molar-refractivity contribution in [3.8, 4) is 0 Å². The Morgan fingerprint density at radius 3 is 1.58 bits per heavy atom. The first-order valence-corrected chi connectivity index (χ1v) is 8.87. The van der Waals surface area contributed by atoms with E-state index in [0.717, 1.165) is 6.42 Å². The molecule has 0 bridgehead atoms. The normalized spacial score (nSPS) is 13.5. The molecule has 0 aliphatic heterocycles. The summed E-state index contributed by atoms with van der Waals surface area (Å²) in [6, 6.07) is 20.8. The Labute approximate surface area is 147 Å². The van der Waals surface area contributed by atoms with Gasteiger partial charge in [0, 0.05) is 18.9 Å². The van der Waals surface area contributed by atoms with E-state index in [4.69, 9.17) is 0 Å². The van der Waals surface area contributed by atoms with E-state index in [9.17, 15) is 5.11 Å². The first-order valence-electron chi connectivity index (χ1n) is 8.87. The fourth-order valence-electron chi connectivity index (χ4n) is 3.55. The van der Waals surface area contributed by atoms with Crippen molar-refractivity contribution in [2.24, 2.45) is 5.92 Å². The van der Waals surface area contributed by atoms with Gasteiger partial charge in [-0.2, -0.15) is 0 Å². The van der Waals surface area contributed by atoms with Crippen molar-refractivity contribution >= 4 is 0 Å². The number of aliphatic hydroxyl groups is 1. The van der Waals surface area contributed by atoms with Crippen molar-refractivity contribution in [2.45, 2.75) is 44.8 Å². The van der Waals surface area contributed by atoms with Gasteiger partial charge in [0.1, 0.15) is 0 Å². The molecule has 1 unspecified atom stereocenters. The van der Waals surface area contributed by atoms with Crippen molar-refractivity contribution in [1.82, 2.24) is 4.90 Å². The smallest absolute Gasteiger partial charge is 0.0882 e. The monoisotopic (exact) mass is 325 g/mol. The fourth-order valence-corrected chi connectivity index (χ4v) is 3.55. The van der Waals surface area contributed by atoms with Gasteiger partial charge in [-0.3, -0.25) is 0 Å². The first kappa shape index (κ1) is 18.7. The quantitative estimate of drug-likeness (QED) is 0.787. The maximum Gasteiger partial charge on any atom is 0.0882 e. The Bertz CT molecular complexity index is 550. The highest BCUT2D eigenvalue weighted by Gasteiger charge is 2.38. The summed E-state index contributed by atoms with van der Waals surface area (Å²) in [4.78, 5) is 2.19. The van der Waals surface area contributed by atoms with E-state index in [1.54, 1.807) is 0 Å². The molecule has 2 heteroatoms. The third-order valence-corrected chi connectivity index (χ3v) is 4.64. The lowest BCUT2D eigenvalue weighted by Crippen LogP contribution is -2.53. The van der Waals surface area contributed by atoms with Crippen LogP contribution >= 0.6 is 0 Å². The van der Waals surface area contributed by atoms with Crippen LogP contribution in [0.5, 0.6) is 0 Å². The molecule has 2 aromatic carbocycles. The van der Waals surface area contributed by atoms with Gasteiger partial charge in [-0.15, -0.1) is 0 Å². The van der Waals surface area contributed by atoms with Crippen LogP contribution in [0.15, 0.2) is 60.7 Å². The summed E-state index contributed by atoms with van der Waals surface area (Å²) in [7, 11) is 4.15. The van der Waals surface area contributed by atoms with E-state index in [1.807, 2.05) is 36.4 Å². The predicted molar refractivity (Wildman–Crippen MR) is 102 cm³/mol. The summed E-state index contributed by atoms with van der Waals surface area (Å²) in [5, 5.41) is 11.8. The maximum atomic E-state index is 11.8. The van der Waals surface area contributed by atoms with Gasteiger partial charge < -0.3 is 10.0 Å². The minimum atomic E-state index is -0.795. The Balaban J connectivity index is 2.34. The van der Waals surface area contributed by atoms with Gasteiger partial charge in [-0.25, -0.2) is 0 Å². The highest BCUT2D eigenvalue weighted by molar-refractivity contribution is 5.23. The van der Waals surface area contributed by atoms with Gasteiger partial charge >= 0.3 is 0 Å². The molecule has 2 nitrogen and oxygen atoms in total. The molecule has 1 N–H and O–H groups in total. The lowest BCUT2D eigenvalue weighted by Gasteiger charge is -2.41. The van der Waals surface area contributed by atoms with Crippen LogP contribution in [0.1, 0.15) is 31.4 Å². The summed E-state index contributed by atoms with van der Waals surface area (Å²) in [5.74, 6) is 0.537. The van der Waals surface area contributed by atoms with Crippen molar-refractivity contribution in [1.29, 1.82) is 0 Å². The van der Waals surface area contributed by atoms with E-state index >= 15 is 0 Å². The molecule has 0 saturated carbocycles. The van der Waals surface area contributed by atoms with Crippen LogP contribution in [-0.2, 0) is 12.8 Å². The van der Waals surface area contributed by atoms with E-state index in [2.05, 4.69) is 57.1 Å². The van der Waals surface area contributed by atoms with Gasteiger partial charge in [0.2, 0.25) is 0 Å². The molecule has 0 spiro atoms. The molecule has 0 aliphatic carbocycles. The van der Waals surface area contributed by atoms with Crippen molar-refractivity contribution in [3.05, 3.63) is 71.8 Å². The van der Waals surface area contributed by atoms with Crippen LogP contribution in [0.25, 0.3) is 0 Å². The summed E-state index contributed by atoms with van der Waals surface area (Å²) < 4.78 is 0. The molecule has 0 fully saturated rings. The van der Waals surface area contributed by atoms with E-state index in [1.165, 1.54) is 11.1 Å². The molecular formula is C22H31NO. The van der Waals surface area contributed by atoms with Crippen molar-refractivity contribution in [2.75, 3.05) is 14.1 Å². The lowest BCUT2D eigenvalue weighted by atomic mass is 9.78. The summed E-state index contributed by atoms with van der Waals surface area (Å²) in [5.41, 5.74) is 1.58. The van der Waals surface area contributed by atoms with Gasteiger partial charge in [-0.1, -0.05) is 74.5 Å². The van der Waals surface area contributed by atoms with Crippen LogP contribution < -0.4 is 0 Å². The van der Waals surface area contributed by atoms with E-state index in [0.29, 0.717) is 18.8 Å². The van der Waals surface area contributed by atoms with Crippen molar-refractivity contribution in [3.63, 3.8) is 0 Å². The van der Waals surface area contributed by atoms with Crippen LogP contribution in [0.2, 0.25) is 0 Å². The maximum absolute atomic E-state index is 11.8. The van der Waals surface area contributed by atoms with E-state index < -0.39 is 5.60 Å². The minimum absolute atomic E-state index is 0.109. The Morgan fingerprint density at radius 1 is 0.833 bits per heavy atom. The van der Waals surface area contributed by atoms with E-state index in [-0.39, 0.29) is 6.04 Å². The van der Waals surface area contributed by atoms with Gasteiger partial charge in [-0.05, 0) is 37.6 Å². The Morgan fingerprint density at radius 2 is 1.25 bits per heavy atom. The third-order valence-electron chi connectivity index (χ3n) is 4.64. The zero-order valence-corrected chi connectivity index (χ0v) is 15.4. The average molecular weight is 325 g/mol. The highest BCUT2D eigenvalue weighted by atomic mass is 16.3. The molecule has 0 radical (unpaired) electrons. The molecule has 2 rings (SSSR count). The molecule has 2 aromatic rings. The molecular weight excluding hydrogens is 294 g/mol. The standard InChI is InChI=1S/C22H31NO/c1-18(2)15-21(23(3)4)22(24,16-19-11-7-5-8-12-19)17-20-13-9-6-10-14-20/h5-14,18,21,24H,15-17H2,1-4H3.